The Hall–Kier alpha value is -1.21. The van der Waals surface area contributed by atoms with Gasteiger partial charge in [-0.2, -0.15) is 11.8 Å². The minimum absolute atomic E-state index is 0.0737. The number of thioether (sulfide) groups is 2. The monoisotopic (exact) mass is 328 g/mol. The summed E-state index contributed by atoms with van der Waals surface area (Å²) in [5.74, 6) is -0.261. The van der Waals surface area contributed by atoms with Crippen LogP contribution in [0.2, 0.25) is 0 Å². The van der Waals surface area contributed by atoms with E-state index in [2.05, 4.69) is 11.2 Å². The third-order valence-electron chi connectivity index (χ3n) is 3.00. The first-order chi connectivity index (χ1) is 10.1. The molecular formula is C14H17FN2O2S2. The summed E-state index contributed by atoms with van der Waals surface area (Å²) in [4.78, 5) is 15.0. The number of carboxylic acids is 1. The van der Waals surface area contributed by atoms with Crippen molar-refractivity contribution >= 4 is 40.5 Å². The Morgan fingerprint density at radius 2 is 2.24 bits per heavy atom. The van der Waals surface area contributed by atoms with Crippen LogP contribution in [0.25, 0.3) is 11.0 Å². The molecule has 0 unspecified atom stereocenters. The maximum atomic E-state index is 13.8. The van der Waals surface area contributed by atoms with Gasteiger partial charge >= 0.3 is 5.97 Å². The molecule has 21 heavy (non-hydrogen) atoms. The molecule has 2 aromatic rings. The zero-order valence-corrected chi connectivity index (χ0v) is 13.3. The van der Waals surface area contributed by atoms with Crippen molar-refractivity contribution in [2.24, 2.45) is 0 Å². The normalized spacial score (nSPS) is 11.1. The summed E-state index contributed by atoms with van der Waals surface area (Å²) < 4.78 is 15.7. The molecule has 0 aliphatic carbocycles. The molecule has 0 radical (unpaired) electrons. The molecular weight excluding hydrogens is 311 g/mol. The van der Waals surface area contributed by atoms with Crippen molar-refractivity contribution in [3.8, 4) is 0 Å². The van der Waals surface area contributed by atoms with Gasteiger partial charge in [0.25, 0.3) is 0 Å². The average Bonchev–Trinajstić information content (AvgIpc) is 2.81. The standard InChI is InChI=1S/C14H17FN2O2S2/c1-20-8-3-2-7-17-11-6-4-5-10(15)13(11)16-14(17)21-9-12(18)19/h4-6H,2-3,7-9H2,1H3,(H,18,19). The number of hydrogen-bond acceptors (Lipinski definition) is 4. The fourth-order valence-corrected chi connectivity index (χ4v) is 3.31. The Morgan fingerprint density at radius 1 is 1.43 bits per heavy atom. The molecule has 4 nitrogen and oxygen atoms in total. The van der Waals surface area contributed by atoms with E-state index < -0.39 is 5.97 Å². The van der Waals surface area contributed by atoms with Crippen molar-refractivity contribution in [2.45, 2.75) is 24.5 Å². The highest BCUT2D eigenvalue weighted by atomic mass is 32.2. The van der Waals surface area contributed by atoms with Gasteiger partial charge in [-0.05, 0) is 37.0 Å². The smallest absolute Gasteiger partial charge is 0.313 e. The Kier molecular flexibility index (Phi) is 5.93. The van der Waals surface area contributed by atoms with Crippen molar-refractivity contribution in [2.75, 3.05) is 17.8 Å². The molecule has 0 fully saturated rings. The summed E-state index contributed by atoms with van der Waals surface area (Å²) in [6.07, 6.45) is 4.10. The van der Waals surface area contributed by atoms with E-state index in [0.29, 0.717) is 10.7 Å². The number of nitrogens with zero attached hydrogens (tertiary/aromatic N) is 2. The highest BCUT2D eigenvalue weighted by molar-refractivity contribution is 7.99. The molecule has 1 aromatic carbocycles. The topological polar surface area (TPSA) is 55.1 Å². The molecule has 0 amide bonds. The largest absolute Gasteiger partial charge is 0.481 e. The van der Waals surface area contributed by atoms with Crippen LogP contribution in [0.3, 0.4) is 0 Å². The molecule has 2 rings (SSSR count). The lowest BCUT2D eigenvalue weighted by atomic mass is 10.3. The van der Waals surface area contributed by atoms with Crippen LogP contribution in [0.15, 0.2) is 23.4 Å². The number of aliphatic carboxylic acids is 1. The van der Waals surface area contributed by atoms with Crippen molar-refractivity contribution in [1.29, 1.82) is 0 Å². The van der Waals surface area contributed by atoms with Gasteiger partial charge in [0.05, 0.1) is 11.3 Å². The van der Waals surface area contributed by atoms with Gasteiger partial charge in [0.2, 0.25) is 0 Å². The Morgan fingerprint density at radius 3 is 2.95 bits per heavy atom. The van der Waals surface area contributed by atoms with Crippen molar-refractivity contribution in [1.82, 2.24) is 9.55 Å². The summed E-state index contributed by atoms with van der Waals surface area (Å²) in [6, 6.07) is 4.85. The van der Waals surface area contributed by atoms with Crippen LogP contribution in [0, 0.1) is 5.82 Å². The van der Waals surface area contributed by atoms with E-state index in [0.717, 1.165) is 42.4 Å². The summed E-state index contributed by atoms with van der Waals surface area (Å²) in [7, 11) is 0. The molecule has 0 atom stereocenters. The SMILES string of the molecule is CSCCCCn1c(SCC(=O)O)nc2c(F)cccc21. The van der Waals surface area contributed by atoms with Gasteiger partial charge in [-0.25, -0.2) is 9.37 Å². The minimum atomic E-state index is -0.901. The zero-order valence-electron chi connectivity index (χ0n) is 11.7. The van der Waals surface area contributed by atoms with Gasteiger partial charge in [0.15, 0.2) is 11.0 Å². The molecule has 0 saturated heterocycles. The molecule has 114 valence electrons. The van der Waals surface area contributed by atoms with Crippen LogP contribution in [-0.2, 0) is 11.3 Å². The number of aryl methyl sites for hydroxylation is 1. The van der Waals surface area contributed by atoms with Crippen molar-refractivity contribution < 1.29 is 14.3 Å². The number of unbranched alkanes of at least 4 members (excludes halogenated alkanes) is 1. The highest BCUT2D eigenvalue weighted by Gasteiger charge is 2.14. The van der Waals surface area contributed by atoms with E-state index >= 15 is 0 Å². The van der Waals surface area contributed by atoms with Gasteiger partial charge in [0, 0.05) is 6.54 Å². The maximum Gasteiger partial charge on any atom is 0.313 e. The Balaban J connectivity index is 2.26. The lowest BCUT2D eigenvalue weighted by Crippen LogP contribution is -2.04. The number of hydrogen-bond donors (Lipinski definition) is 1. The quantitative estimate of drug-likeness (QED) is 0.594. The number of benzene rings is 1. The molecule has 7 heteroatoms. The molecule has 1 heterocycles. The number of halogens is 1. The number of carboxylic acid groups (broad SMARTS) is 1. The predicted octanol–water partition coefficient (Wildman–Crippen LogP) is 3.50. The second-order valence-electron chi connectivity index (χ2n) is 4.54. The first-order valence-corrected chi connectivity index (χ1v) is 8.99. The number of carbonyl (C=O) groups is 1. The molecule has 0 bridgehead atoms. The van der Waals surface area contributed by atoms with E-state index in [-0.39, 0.29) is 11.6 Å². The fourth-order valence-electron chi connectivity index (χ4n) is 2.06. The number of rotatable bonds is 8. The van der Waals surface area contributed by atoms with Crippen molar-refractivity contribution in [3.05, 3.63) is 24.0 Å². The van der Waals surface area contributed by atoms with E-state index in [1.165, 1.54) is 6.07 Å². The van der Waals surface area contributed by atoms with Crippen LogP contribution < -0.4 is 0 Å². The minimum Gasteiger partial charge on any atom is -0.481 e. The average molecular weight is 328 g/mol. The van der Waals surface area contributed by atoms with Crippen LogP contribution in [0.5, 0.6) is 0 Å². The molecule has 1 N–H and O–H groups in total. The van der Waals surface area contributed by atoms with Gasteiger partial charge in [0.1, 0.15) is 5.52 Å². The first-order valence-electron chi connectivity index (χ1n) is 6.61. The molecule has 0 saturated carbocycles. The van der Waals surface area contributed by atoms with Gasteiger partial charge in [-0.15, -0.1) is 0 Å². The first kappa shape index (κ1) is 16.2. The zero-order chi connectivity index (χ0) is 15.2. The van der Waals surface area contributed by atoms with E-state index in [1.807, 2.05) is 10.6 Å². The van der Waals surface area contributed by atoms with Crippen LogP contribution in [0.4, 0.5) is 4.39 Å². The lowest BCUT2D eigenvalue weighted by molar-refractivity contribution is -0.133. The van der Waals surface area contributed by atoms with E-state index in [1.54, 1.807) is 17.8 Å². The number of imidazole rings is 1. The van der Waals surface area contributed by atoms with E-state index in [4.69, 9.17) is 5.11 Å². The number of fused-ring (bicyclic) bond motifs is 1. The van der Waals surface area contributed by atoms with Crippen LogP contribution in [0.1, 0.15) is 12.8 Å². The summed E-state index contributed by atoms with van der Waals surface area (Å²) >= 11 is 2.93. The maximum absolute atomic E-state index is 13.8. The number of aromatic nitrogens is 2. The summed E-state index contributed by atoms with van der Waals surface area (Å²) in [6.45, 7) is 0.725. The van der Waals surface area contributed by atoms with Crippen LogP contribution >= 0.6 is 23.5 Å². The number of para-hydroxylation sites is 1. The van der Waals surface area contributed by atoms with Gasteiger partial charge < -0.3 is 9.67 Å². The van der Waals surface area contributed by atoms with Crippen molar-refractivity contribution in [3.63, 3.8) is 0 Å². The van der Waals surface area contributed by atoms with E-state index in [9.17, 15) is 9.18 Å². The van der Waals surface area contributed by atoms with Crippen LogP contribution in [-0.4, -0.2) is 38.4 Å². The lowest BCUT2D eigenvalue weighted by Gasteiger charge is -2.08. The third-order valence-corrected chi connectivity index (χ3v) is 4.66. The Bertz CT molecular complexity index is 631. The second-order valence-corrected chi connectivity index (χ2v) is 6.46. The molecule has 0 aliphatic heterocycles. The highest BCUT2D eigenvalue weighted by Crippen LogP contribution is 2.26. The molecule has 0 aliphatic rings. The summed E-state index contributed by atoms with van der Waals surface area (Å²) in [5, 5.41) is 9.38. The second kappa shape index (κ2) is 7.70. The third kappa shape index (κ3) is 4.14. The molecule has 1 aromatic heterocycles. The fraction of sp³-hybridized carbons (Fsp3) is 0.429. The molecule has 0 spiro atoms. The predicted molar refractivity (Wildman–Crippen MR) is 85.7 cm³/mol. The van der Waals surface area contributed by atoms with Gasteiger partial charge in [-0.1, -0.05) is 17.8 Å². The Labute approximate surface area is 131 Å². The summed E-state index contributed by atoms with van der Waals surface area (Å²) in [5.41, 5.74) is 1.04. The van der Waals surface area contributed by atoms with Gasteiger partial charge in [-0.3, -0.25) is 4.79 Å².